The lowest BCUT2D eigenvalue weighted by Crippen LogP contribution is -2.43. The Balaban J connectivity index is 1.73. The van der Waals surface area contributed by atoms with Crippen molar-refractivity contribution >= 4 is 11.8 Å². The summed E-state index contributed by atoms with van der Waals surface area (Å²) in [4.78, 5) is 24.1. The molecule has 2 amide bonds. The summed E-state index contributed by atoms with van der Waals surface area (Å²) in [6.45, 7) is 9.04. The lowest BCUT2D eigenvalue weighted by atomic mass is 9.99. The van der Waals surface area contributed by atoms with E-state index in [2.05, 4.69) is 38.5 Å². The van der Waals surface area contributed by atoms with E-state index in [0.29, 0.717) is 35.5 Å². The number of hydrogen-bond acceptors (Lipinski definition) is 4. The van der Waals surface area contributed by atoms with Gasteiger partial charge in [-0.2, -0.15) is 0 Å². The molecule has 0 spiro atoms. The van der Waals surface area contributed by atoms with Crippen LogP contribution in [0.25, 0.3) is 0 Å². The smallest absolute Gasteiger partial charge is 0.276 e. The molecule has 2 rings (SSSR count). The molecule has 2 aromatic carbocycles. The van der Waals surface area contributed by atoms with E-state index in [1.165, 1.54) is 5.56 Å². The highest BCUT2D eigenvalue weighted by Crippen LogP contribution is 2.21. The Morgan fingerprint density at radius 1 is 0.867 bits per heavy atom. The van der Waals surface area contributed by atoms with E-state index < -0.39 is 11.8 Å². The largest absolute Gasteiger partial charge is 0.494 e. The van der Waals surface area contributed by atoms with Gasteiger partial charge in [0, 0.05) is 5.56 Å². The fourth-order valence-electron chi connectivity index (χ4n) is 2.63. The average molecular weight is 413 g/mol. The molecule has 30 heavy (non-hydrogen) atoms. The summed E-state index contributed by atoms with van der Waals surface area (Å²) >= 11 is 0. The summed E-state index contributed by atoms with van der Waals surface area (Å²) in [6, 6.07) is 14.5. The fraction of sp³-hybridized carbons (Fsp3) is 0.417. The second-order valence-corrected chi connectivity index (χ2v) is 7.72. The minimum atomic E-state index is -0.442. The van der Waals surface area contributed by atoms with Crippen LogP contribution in [0.3, 0.4) is 0 Å². The Labute approximate surface area is 178 Å². The van der Waals surface area contributed by atoms with Crippen LogP contribution in [0.2, 0.25) is 0 Å². The third-order valence-corrected chi connectivity index (χ3v) is 4.83. The van der Waals surface area contributed by atoms with Gasteiger partial charge in [-0.3, -0.25) is 20.4 Å². The van der Waals surface area contributed by atoms with Crippen molar-refractivity contribution in [1.29, 1.82) is 0 Å². The molecule has 0 saturated heterocycles. The SMILES string of the molecule is CCC(C)c1ccc(OCC(=O)NNC(=O)c2ccc(OCCC(C)C)cc2)cc1. The van der Waals surface area contributed by atoms with E-state index >= 15 is 0 Å². The number of hydrazine groups is 1. The maximum Gasteiger partial charge on any atom is 0.276 e. The van der Waals surface area contributed by atoms with Gasteiger partial charge in [0.2, 0.25) is 0 Å². The highest BCUT2D eigenvalue weighted by Gasteiger charge is 2.09. The molecular weight excluding hydrogens is 380 g/mol. The molecule has 6 nitrogen and oxygen atoms in total. The van der Waals surface area contributed by atoms with Crippen molar-refractivity contribution in [3.05, 3.63) is 59.7 Å². The van der Waals surface area contributed by atoms with Gasteiger partial charge in [0.1, 0.15) is 11.5 Å². The first kappa shape index (κ1) is 23.3. The van der Waals surface area contributed by atoms with E-state index in [-0.39, 0.29) is 6.61 Å². The topological polar surface area (TPSA) is 76.7 Å². The van der Waals surface area contributed by atoms with Gasteiger partial charge in [-0.1, -0.05) is 39.8 Å². The minimum absolute atomic E-state index is 0.189. The Morgan fingerprint density at radius 2 is 1.47 bits per heavy atom. The van der Waals surface area contributed by atoms with Crippen LogP contribution in [0.1, 0.15) is 62.4 Å². The van der Waals surface area contributed by atoms with Gasteiger partial charge in [0.05, 0.1) is 6.61 Å². The van der Waals surface area contributed by atoms with Gasteiger partial charge in [-0.15, -0.1) is 0 Å². The van der Waals surface area contributed by atoms with E-state index in [1.807, 2.05) is 24.3 Å². The molecule has 0 saturated carbocycles. The molecule has 1 unspecified atom stereocenters. The van der Waals surface area contributed by atoms with Crippen molar-refractivity contribution < 1.29 is 19.1 Å². The molecule has 0 aliphatic carbocycles. The molecule has 2 N–H and O–H groups in total. The van der Waals surface area contributed by atoms with Gasteiger partial charge in [-0.25, -0.2) is 0 Å². The zero-order valence-corrected chi connectivity index (χ0v) is 18.2. The zero-order chi connectivity index (χ0) is 21.9. The first-order valence-corrected chi connectivity index (χ1v) is 10.4. The third-order valence-electron chi connectivity index (χ3n) is 4.83. The molecule has 1 atom stereocenters. The van der Waals surface area contributed by atoms with Crippen LogP contribution in [-0.4, -0.2) is 25.0 Å². The first-order valence-electron chi connectivity index (χ1n) is 10.4. The number of benzene rings is 2. The van der Waals surface area contributed by atoms with Gasteiger partial charge < -0.3 is 9.47 Å². The van der Waals surface area contributed by atoms with E-state index in [4.69, 9.17) is 9.47 Å². The van der Waals surface area contributed by atoms with Crippen molar-refractivity contribution in [3.63, 3.8) is 0 Å². The normalized spacial score (nSPS) is 11.6. The highest BCUT2D eigenvalue weighted by atomic mass is 16.5. The lowest BCUT2D eigenvalue weighted by Gasteiger charge is -2.11. The zero-order valence-electron chi connectivity index (χ0n) is 18.2. The summed E-state index contributed by atoms with van der Waals surface area (Å²) in [5, 5.41) is 0. The Kier molecular flexibility index (Phi) is 9.19. The predicted octanol–water partition coefficient (Wildman–Crippen LogP) is 4.47. The number of carbonyl (C=O) groups excluding carboxylic acids is 2. The van der Waals surface area contributed by atoms with Crippen LogP contribution < -0.4 is 20.3 Å². The maximum atomic E-state index is 12.2. The second kappa shape index (κ2) is 11.9. The monoisotopic (exact) mass is 412 g/mol. The molecule has 0 bridgehead atoms. The van der Waals surface area contributed by atoms with Crippen molar-refractivity contribution in [2.45, 2.75) is 46.5 Å². The van der Waals surface area contributed by atoms with Crippen LogP contribution in [-0.2, 0) is 4.79 Å². The lowest BCUT2D eigenvalue weighted by molar-refractivity contribution is -0.123. The van der Waals surface area contributed by atoms with Gasteiger partial charge in [-0.05, 0) is 66.6 Å². The summed E-state index contributed by atoms with van der Waals surface area (Å²) in [6.07, 6.45) is 2.04. The molecule has 0 aliphatic heterocycles. The Bertz CT molecular complexity index is 801. The van der Waals surface area contributed by atoms with E-state index in [0.717, 1.165) is 12.8 Å². The number of hydrogen-bond donors (Lipinski definition) is 2. The number of nitrogens with one attached hydrogen (secondary N) is 2. The Morgan fingerprint density at radius 3 is 2.07 bits per heavy atom. The summed E-state index contributed by atoms with van der Waals surface area (Å²) < 4.78 is 11.1. The summed E-state index contributed by atoms with van der Waals surface area (Å²) in [7, 11) is 0. The number of amides is 2. The first-order chi connectivity index (χ1) is 14.4. The molecule has 6 heteroatoms. The molecule has 0 fully saturated rings. The van der Waals surface area contributed by atoms with Crippen LogP contribution in [0.5, 0.6) is 11.5 Å². The molecule has 0 heterocycles. The predicted molar refractivity (Wildman–Crippen MR) is 118 cm³/mol. The maximum absolute atomic E-state index is 12.2. The van der Waals surface area contributed by atoms with Gasteiger partial charge >= 0.3 is 0 Å². The van der Waals surface area contributed by atoms with Crippen molar-refractivity contribution in [3.8, 4) is 11.5 Å². The highest BCUT2D eigenvalue weighted by molar-refractivity contribution is 5.95. The molecule has 0 aromatic heterocycles. The van der Waals surface area contributed by atoms with Crippen LogP contribution in [0, 0.1) is 5.92 Å². The molecule has 0 aliphatic rings. The van der Waals surface area contributed by atoms with E-state index in [1.54, 1.807) is 24.3 Å². The van der Waals surface area contributed by atoms with Crippen molar-refractivity contribution in [2.75, 3.05) is 13.2 Å². The van der Waals surface area contributed by atoms with Gasteiger partial charge in [0.25, 0.3) is 11.8 Å². The number of ether oxygens (including phenoxy) is 2. The van der Waals surface area contributed by atoms with Crippen LogP contribution >= 0.6 is 0 Å². The van der Waals surface area contributed by atoms with Crippen LogP contribution in [0.4, 0.5) is 0 Å². The third kappa shape index (κ3) is 7.78. The number of rotatable bonds is 10. The molecule has 2 aromatic rings. The second-order valence-electron chi connectivity index (χ2n) is 7.72. The average Bonchev–Trinajstić information content (AvgIpc) is 2.76. The molecular formula is C24H32N2O4. The summed E-state index contributed by atoms with van der Waals surface area (Å²) in [5.74, 6) is 1.53. The quantitative estimate of drug-likeness (QED) is 0.565. The van der Waals surface area contributed by atoms with Crippen molar-refractivity contribution in [2.24, 2.45) is 5.92 Å². The van der Waals surface area contributed by atoms with Crippen LogP contribution in [0.15, 0.2) is 48.5 Å². The minimum Gasteiger partial charge on any atom is -0.494 e. The van der Waals surface area contributed by atoms with Gasteiger partial charge in [0.15, 0.2) is 6.61 Å². The van der Waals surface area contributed by atoms with Crippen molar-refractivity contribution in [1.82, 2.24) is 10.9 Å². The number of carbonyl (C=O) groups is 2. The summed E-state index contributed by atoms with van der Waals surface area (Å²) in [5.41, 5.74) is 6.40. The fourth-order valence-corrected chi connectivity index (χ4v) is 2.63. The molecule has 0 radical (unpaired) electrons. The van der Waals surface area contributed by atoms with E-state index in [9.17, 15) is 9.59 Å². The Hall–Kier alpha value is -3.02. The standard InChI is InChI=1S/C24H32N2O4/c1-5-18(4)19-6-10-22(11-7-19)30-16-23(27)25-26-24(28)20-8-12-21(13-9-20)29-15-14-17(2)3/h6-13,17-18H,5,14-16H2,1-4H3,(H,25,27)(H,26,28). The molecule has 162 valence electrons.